The van der Waals surface area contributed by atoms with Crippen LogP contribution in [0.25, 0.3) is 0 Å². The minimum Gasteiger partial charge on any atom is -0.493 e. The third kappa shape index (κ3) is 5.25. The Balaban J connectivity index is 1.84. The Hall–Kier alpha value is -1.51. The lowest BCUT2D eigenvalue weighted by atomic mass is 9.87. The van der Waals surface area contributed by atoms with Crippen LogP contribution in [0.2, 0.25) is 0 Å². The number of carbonyl (C=O) groups is 1. The van der Waals surface area contributed by atoms with Crippen molar-refractivity contribution in [2.24, 2.45) is 11.8 Å². The zero-order valence-electron chi connectivity index (χ0n) is 15.7. The number of carbonyl (C=O) groups excluding carboxylic acids is 1. The summed E-state index contributed by atoms with van der Waals surface area (Å²) in [5.41, 5.74) is 1.46. The summed E-state index contributed by atoms with van der Waals surface area (Å²) >= 11 is 0. The van der Waals surface area contributed by atoms with E-state index in [9.17, 15) is 4.79 Å². The molecule has 0 aromatic heterocycles. The Morgan fingerprint density at radius 1 is 1.12 bits per heavy atom. The summed E-state index contributed by atoms with van der Waals surface area (Å²) in [4.78, 5) is 12.0. The van der Waals surface area contributed by atoms with Crippen LogP contribution in [-0.2, 0) is 10.2 Å². The summed E-state index contributed by atoms with van der Waals surface area (Å²) < 4.78 is 5.97. The number of nitrogens with one attached hydrogen (secondary N) is 1. The van der Waals surface area contributed by atoms with E-state index in [2.05, 4.69) is 45.1 Å². The van der Waals surface area contributed by atoms with Crippen molar-refractivity contribution in [3.63, 3.8) is 0 Å². The molecule has 1 saturated heterocycles. The molecule has 134 valence electrons. The lowest BCUT2D eigenvalue weighted by Crippen LogP contribution is -2.22. The highest BCUT2D eigenvalue weighted by Gasteiger charge is 2.34. The van der Waals surface area contributed by atoms with Crippen LogP contribution in [0.3, 0.4) is 0 Å². The molecule has 0 bridgehead atoms. The van der Waals surface area contributed by atoms with Gasteiger partial charge in [0.05, 0.1) is 6.61 Å². The quantitative estimate of drug-likeness (QED) is 0.701. The van der Waals surface area contributed by atoms with Gasteiger partial charge in [-0.25, -0.2) is 0 Å². The highest BCUT2D eigenvalue weighted by molar-refractivity contribution is 5.81. The van der Waals surface area contributed by atoms with Crippen LogP contribution in [0.5, 0.6) is 5.75 Å². The van der Waals surface area contributed by atoms with Crippen molar-refractivity contribution in [1.29, 1.82) is 0 Å². The monoisotopic (exact) mass is 331 g/mol. The first-order valence-electron chi connectivity index (χ1n) is 9.43. The predicted octanol–water partition coefficient (Wildman–Crippen LogP) is 4.70. The molecule has 1 heterocycles. The fourth-order valence-electron chi connectivity index (χ4n) is 3.31. The normalized spacial score (nSPS) is 20.9. The highest BCUT2D eigenvalue weighted by Crippen LogP contribution is 2.27. The predicted molar refractivity (Wildman–Crippen MR) is 99.4 cm³/mol. The van der Waals surface area contributed by atoms with Crippen LogP contribution in [0, 0.1) is 11.8 Å². The van der Waals surface area contributed by atoms with Crippen molar-refractivity contribution in [3.05, 3.63) is 29.8 Å². The first-order chi connectivity index (χ1) is 11.4. The summed E-state index contributed by atoms with van der Waals surface area (Å²) in [5.74, 6) is 1.52. The van der Waals surface area contributed by atoms with E-state index in [0.29, 0.717) is 12.5 Å². The molecule has 0 spiro atoms. The van der Waals surface area contributed by atoms with E-state index >= 15 is 0 Å². The topological polar surface area (TPSA) is 38.3 Å². The maximum Gasteiger partial charge on any atom is 0.223 e. The van der Waals surface area contributed by atoms with Gasteiger partial charge in [-0.15, -0.1) is 0 Å². The Morgan fingerprint density at radius 2 is 1.83 bits per heavy atom. The number of benzene rings is 1. The number of rotatable bonds is 8. The largest absolute Gasteiger partial charge is 0.493 e. The van der Waals surface area contributed by atoms with Gasteiger partial charge in [0.2, 0.25) is 5.91 Å². The Kier molecular flexibility index (Phi) is 6.70. The third-order valence-electron chi connectivity index (χ3n) is 5.00. The number of hydrogen-bond donors (Lipinski definition) is 1. The Morgan fingerprint density at radius 3 is 2.46 bits per heavy atom. The lowest BCUT2D eigenvalue weighted by Gasteiger charge is -2.20. The molecule has 1 aliphatic rings. The number of unbranched alkanes of at least 4 members (excludes halogenated alkanes) is 3. The lowest BCUT2D eigenvalue weighted by molar-refractivity contribution is -0.123. The molecule has 3 nitrogen and oxygen atoms in total. The van der Waals surface area contributed by atoms with Crippen molar-refractivity contribution >= 4 is 5.91 Å². The maximum atomic E-state index is 12.0. The molecule has 2 atom stereocenters. The molecule has 0 saturated carbocycles. The summed E-state index contributed by atoms with van der Waals surface area (Å²) in [6, 6.07) is 8.35. The molecule has 3 heteroatoms. The average Bonchev–Trinajstić information content (AvgIpc) is 2.89. The SMILES string of the molecule is CCCCCC[C@H]1C(=O)NC[C@@H]1COc1ccc(C(C)(C)C)cc1. The van der Waals surface area contributed by atoms with E-state index < -0.39 is 0 Å². The average molecular weight is 332 g/mol. The van der Waals surface area contributed by atoms with Gasteiger partial charge in [-0.05, 0) is 29.5 Å². The molecule has 2 rings (SSSR count). The number of hydrogen-bond acceptors (Lipinski definition) is 2. The van der Waals surface area contributed by atoms with E-state index in [-0.39, 0.29) is 17.2 Å². The van der Waals surface area contributed by atoms with Gasteiger partial charge >= 0.3 is 0 Å². The minimum absolute atomic E-state index is 0.121. The second kappa shape index (κ2) is 8.55. The molecular formula is C21H33NO2. The fraction of sp³-hybridized carbons (Fsp3) is 0.667. The maximum absolute atomic E-state index is 12.0. The van der Waals surface area contributed by atoms with Gasteiger partial charge in [-0.3, -0.25) is 4.79 Å². The Labute approximate surface area is 147 Å². The molecule has 1 N–H and O–H groups in total. The van der Waals surface area contributed by atoms with Gasteiger partial charge < -0.3 is 10.1 Å². The van der Waals surface area contributed by atoms with Crippen LogP contribution < -0.4 is 10.1 Å². The summed E-state index contributed by atoms with van der Waals surface area (Å²) in [6.07, 6.45) is 5.84. The zero-order chi connectivity index (χ0) is 17.6. The first kappa shape index (κ1) is 18.8. The minimum atomic E-state index is 0.121. The third-order valence-corrected chi connectivity index (χ3v) is 5.00. The number of ether oxygens (including phenoxy) is 1. The molecule has 1 aromatic carbocycles. The van der Waals surface area contributed by atoms with E-state index in [1.54, 1.807) is 0 Å². The van der Waals surface area contributed by atoms with Crippen LogP contribution in [0.4, 0.5) is 0 Å². The van der Waals surface area contributed by atoms with E-state index in [0.717, 1.165) is 25.1 Å². The number of amides is 1. The van der Waals surface area contributed by atoms with E-state index in [1.807, 2.05) is 12.1 Å². The van der Waals surface area contributed by atoms with Crippen LogP contribution >= 0.6 is 0 Å². The molecule has 1 fully saturated rings. The second-order valence-electron chi connectivity index (χ2n) is 8.05. The molecule has 1 aromatic rings. The summed E-state index contributed by atoms with van der Waals surface area (Å²) in [7, 11) is 0. The molecule has 24 heavy (non-hydrogen) atoms. The van der Waals surface area contributed by atoms with Crippen molar-refractivity contribution in [1.82, 2.24) is 5.32 Å². The zero-order valence-corrected chi connectivity index (χ0v) is 15.7. The van der Waals surface area contributed by atoms with Crippen molar-refractivity contribution in [3.8, 4) is 5.75 Å². The van der Waals surface area contributed by atoms with Crippen LogP contribution in [0.15, 0.2) is 24.3 Å². The van der Waals surface area contributed by atoms with Crippen molar-refractivity contribution in [2.75, 3.05) is 13.2 Å². The first-order valence-corrected chi connectivity index (χ1v) is 9.43. The molecule has 0 unspecified atom stereocenters. The van der Waals surface area contributed by atoms with Gasteiger partial charge in [-0.1, -0.05) is 65.5 Å². The van der Waals surface area contributed by atoms with Gasteiger partial charge in [-0.2, -0.15) is 0 Å². The van der Waals surface area contributed by atoms with Gasteiger partial charge in [0.15, 0.2) is 0 Å². The van der Waals surface area contributed by atoms with E-state index in [4.69, 9.17) is 4.74 Å². The summed E-state index contributed by atoms with van der Waals surface area (Å²) in [5, 5.41) is 3.01. The van der Waals surface area contributed by atoms with Gasteiger partial charge in [0.25, 0.3) is 0 Å². The molecule has 0 radical (unpaired) electrons. The molecule has 1 amide bonds. The highest BCUT2D eigenvalue weighted by atomic mass is 16.5. The van der Waals surface area contributed by atoms with Crippen LogP contribution in [-0.4, -0.2) is 19.1 Å². The molecule has 1 aliphatic heterocycles. The fourth-order valence-corrected chi connectivity index (χ4v) is 3.31. The standard InChI is InChI=1S/C21H33NO2/c1-5-6-7-8-9-19-16(14-22-20(19)23)15-24-18-12-10-17(11-13-18)21(2,3)4/h10-13,16,19H,5-9,14-15H2,1-4H3,(H,22,23)/t16-,19-/m1/s1. The van der Waals surface area contributed by atoms with Gasteiger partial charge in [0.1, 0.15) is 5.75 Å². The smallest absolute Gasteiger partial charge is 0.223 e. The molecule has 0 aliphatic carbocycles. The summed E-state index contributed by atoms with van der Waals surface area (Å²) in [6.45, 7) is 10.2. The second-order valence-corrected chi connectivity index (χ2v) is 8.05. The van der Waals surface area contributed by atoms with Crippen LogP contribution in [0.1, 0.15) is 65.4 Å². The van der Waals surface area contributed by atoms with Gasteiger partial charge in [0, 0.05) is 18.4 Å². The van der Waals surface area contributed by atoms with E-state index in [1.165, 1.54) is 24.8 Å². The molecular weight excluding hydrogens is 298 g/mol. The van der Waals surface area contributed by atoms with Crippen molar-refractivity contribution in [2.45, 2.75) is 65.2 Å². The van der Waals surface area contributed by atoms with Crippen molar-refractivity contribution < 1.29 is 9.53 Å². The Bertz CT molecular complexity index is 516.